The Kier molecular flexibility index (Phi) is 5.43. The Bertz CT molecular complexity index is 707. The van der Waals surface area contributed by atoms with Gasteiger partial charge in [0.05, 0.1) is 13.2 Å². The predicted octanol–water partition coefficient (Wildman–Crippen LogP) is 3.44. The van der Waals surface area contributed by atoms with Gasteiger partial charge in [-0.05, 0) is 31.4 Å². The number of carbonyl (C=O) groups excluding carboxylic acids is 1. The summed E-state index contributed by atoms with van der Waals surface area (Å²) in [5.74, 6) is 2.79. The van der Waals surface area contributed by atoms with Crippen LogP contribution in [0, 0.1) is 12.8 Å². The van der Waals surface area contributed by atoms with E-state index in [0.717, 1.165) is 24.5 Å². The molecule has 7 nitrogen and oxygen atoms in total. The number of morpholine rings is 1. The van der Waals surface area contributed by atoms with Crippen LogP contribution in [0.3, 0.4) is 0 Å². The molecule has 0 bridgehead atoms. The van der Waals surface area contributed by atoms with Crippen LogP contribution in [0.5, 0.6) is 0 Å². The topological polar surface area (TPSA) is 72.5 Å². The smallest absolute Gasteiger partial charge is 0.323 e. The van der Waals surface area contributed by atoms with Gasteiger partial charge in [0.25, 0.3) is 0 Å². The zero-order chi connectivity index (χ0) is 17.8. The fourth-order valence-electron chi connectivity index (χ4n) is 2.76. The number of urea groups is 1. The van der Waals surface area contributed by atoms with Gasteiger partial charge in [0.2, 0.25) is 0 Å². The van der Waals surface area contributed by atoms with Crippen LogP contribution in [0.25, 0.3) is 0 Å². The molecule has 0 radical (unpaired) electrons. The number of aryl methyl sites for hydroxylation is 2. The Hall–Kier alpha value is -2.28. The van der Waals surface area contributed by atoms with Crippen LogP contribution < -0.4 is 5.32 Å². The largest absolute Gasteiger partial charge is 0.464 e. The first-order valence-corrected chi connectivity index (χ1v) is 8.78. The van der Waals surface area contributed by atoms with Crippen molar-refractivity contribution in [2.45, 2.75) is 39.8 Å². The van der Waals surface area contributed by atoms with Crippen molar-refractivity contribution in [1.29, 1.82) is 0 Å². The lowest BCUT2D eigenvalue weighted by Crippen LogP contribution is -2.44. The average molecular weight is 346 g/mol. The molecule has 136 valence electrons. The van der Waals surface area contributed by atoms with Crippen LogP contribution in [0.2, 0.25) is 0 Å². The van der Waals surface area contributed by atoms with E-state index in [4.69, 9.17) is 9.15 Å². The summed E-state index contributed by atoms with van der Waals surface area (Å²) in [6.45, 7) is 8.62. The maximum Gasteiger partial charge on any atom is 0.323 e. The molecule has 0 saturated carbocycles. The van der Waals surface area contributed by atoms with Crippen molar-refractivity contribution >= 4 is 11.8 Å². The molecule has 25 heavy (non-hydrogen) atoms. The number of nitrogens with one attached hydrogen (secondary N) is 1. The Morgan fingerprint density at radius 1 is 1.40 bits per heavy atom. The van der Waals surface area contributed by atoms with Gasteiger partial charge in [-0.2, -0.15) is 5.10 Å². The molecule has 1 atom stereocenters. The molecule has 1 fully saturated rings. The molecular formula is C18H26N4O3. The van der Waals surface area contributed by atoms with Gasteiger partial charge in [-0.25, -0.2) is 4.79 Å². The van der Waals surface area contributed by atoms with Crippen molar-refractivity contribution in [1.82, 2.24) is 14.7 Å². The average Bonchev–Trinajstić information content (AvgIpc) is 3.22. The molecule has 1 aliphatic rings. The standard InChI is InChI=1S/C18H26N4O3/c1-13(2)6-8-22-9-7-17(20-22)19-18(23)21-10-11-24-16(12-21)15-5-4-14(3)25-15/h4-5,7,9,13,16H,6,8,10-12H2,1-3H3,(H,19,20,23). The van der Waals surface area contributed by atoms with Crippen molar-refractivity contribution in [2.24, 2.45) is 5.92 Å². The lowest BCUT2D eigenvalue weighted by atomic mass is 10.1. The van der Waals surface area contributed by atoms with E-state index in [-0.39, 0.29) is 12.1 Å². The normalized spacial score (nSPS) is 17.9. The Morgan fingerprint density at radius 3 is 2.96 bits per heavy atom. The summed E-state index contributed by atoms with van der Waals surface area (Å²) in [5.41, 5.74) is 0. The lowest BCUT2D eigenvalue weighted by molar-refractivity contribution is -0.0246. The summed E-state index contributed by atoms with van der Waals surface area (Å²) in [4.78, 5) is 14.2. The van der Waals surface area contributed by atoms with Crippen molar-refractivity contribution < 1.29 is 13.9 Å². The van der Waals surface area contributed by atoms with Crippen molar-refractivity contribution in [2.75, 3.05) is 25.0 Å². The second-order valence-corrected chi connectivity index (χ2v) is 6.83. The number of carbonyl (C=O) groups is 1. The van der Waals surface area contributed by atoms with Gasteiger partial charge < -0.3 is 14.1 Å². The van der Waals surface area contributed by atoms with Crippen LogP contribution in [-0.2, 0) is 11.3 Å². The molecule has 2 aromatic rings. The van der Waals surface area contributed by atoms with Gasteiger partial charge in [-0.1, -0.05) is 13.8 Å². The zero-order valence-electron chi connectivity index (χ0n) is 15.1. The van der Waals surface area contributed by atoms with Gasteiger partial charge in [0.15, 0.2) is 5.82 Å². The summed E-state index contributed by atoms with van der Waals surface area (Å²) in [7, 11) is 0. The molecule has 3 heterocycles. The van der Waals surface area contributed by atoms with Gasteiger partial charge in [-0.3, -0.25) is 10.00 Å². The number of anilines is 1. The first-order chi connectivity index (χ1) is 12.0. The van der Waals surface area contributed by atoms with Gasteiger partial charge in [0, 0.05) is 25.4 Å². The number of aromatic nitrogens is 2. The number of rotatable bonds is 5. The molecule has 2 amide bonds. The van der Waals surface area contributed by atoms with E-state index in [0.29, 0.717) is 31.4 Å². The second kappa shape index (κ2) is 7.74. The van der Waals surface area contributed by atoms with E-state index in [1.807, 2.05) is 36.0 Å². The third-order valence-electron chi connectivity index (χ3n) is 4.24. The minimum atomic E-state index is -0.225. The lowest BCUT2D eigenvalue weighted by Gasteiger charge is -2.31. The first kappa shape index (κ1) is 17.5. The summed E-state index contributed by atoms with van der Waals surface area (Å²) >= 11 is 0. The number of nitrogens with zero attached hydrogens (tertiary/aromatic N) is 3. The minimum Gasteiger partial charge on any atom is -0.464 e. The number of furan rings is 1. The van der Waals surface area contributed by atoms with E-state index in [1.54, 1.807) is 4.90 Å². The molecule has 7 heteroatoms. The molecule has 1 N–H and O–H groups in total. The predicted molar refractivity (Wildman–Crippen MR) is 94.4 cm³/mol. The molecule has 2 aromatic heterocycles. The third kappa shape index (κ3) is 4.63. The molecule has 1 saturated heterocycles. The Balaban J connectivity index is 1.55. The van der Waals surface area contributed by atoms with E-state index >= 15 is 0 Å². The first-order valence-electron chi connectivity index (χ1n) is 8.78. The monoisotopic (exact) mass is 346 g/mol. The van der Waals surface area contributed by atoms with Crippen LogP contribution in [0.4, 0.5) is 10.6 Å². The maximum absolute atomic E-state index is 12.5. The van der Waals surface area contributed by atoms with Gasteiger partial charge >= 0.3 is 6.03 Å². The molecule has 1 aliphatic heterocycles. The zero-order valence-corrected chi connectivity index (χ0v) is 15.1. The Labute approximate surface area is 147 Å². The second-order valence-electron chi connectivity index (χ2n) is 6.83. The van der Waals surface area contributed by atoms with Crippen molar-refractivity contribution in [3.8, 4) is 0 Å². The third-order valence-corrected chi connectivity index (χ3v) is 4.24. The summed E-state index contributed by atoms with van der Waals surface area (Å²) in [5, 5.41) is 7.27. The molecule has 0 aromatic carbocycles. The number of hydrogen-bond donors (Lipinski definition) is 1. The van der Waals surface area contributed by atoms with E-state index < -0.39 is 0 Å². The van der Waals surface area contributed by atoms with Crippen LogP contribution in [0.15, 0.2) is 28.8 Å². The minimum absolute atomic E-state index is 0.161. The highest BCUT2D eigenvalue weighted by molar-refractivity contribution is 5.88. The van der Waals surface area contributed by atoms with Crippen molar-refractivity contribution in [3.63, 3.8) is 0 Å². The highest BCUT2D eigenvalue weighted by Crippen LogP contribution is 2.24. The highest BCUT2D eigenvalue weighted by atomic mass is 16.5. The molecule has 1 unspecified atom stereocenters. The summed E-state index contributed by atoms with van der Waals surface area (Å²) in [6, 6.07) is 5.47. The van der Waals surface area contributed by atoms with E-state index in [1.165, 1.54) is 0 Å². The quantitative estimate of drug-likeness (QED) is 0.900. The fourth-order valence-corrected chi connectivity index (χ4v) is 2.76. The summed E-state index contributed by atoms with van der Waals surface area (Å²) in [6.07, 6.45) is 2.73. The number of hydrogen-bond acceptors (Lipinski definition) is 4. The Morgan fingerprint density at radius 2 is 2.24 bits per heavy atom. The number of ether oxygens (including phenoxy) is 1. The molecule has 0 aliphatic carbocycles. The van der Waals surface area contributed by atoms with Crippen molar-refractivity contribution in [3.05, 3.63) is 35.9 Å². The van der Waals surface area contributed by atoms with Crippen LogP contribution >= 0.6 is 0 Å². The SMILES string of the molecule is Cc1ccc(C2CN(C(=O)Nc3ccn(CCC(C)C)n3)CCO2)o1. The van der Waals surface area contributed by atoms with E-state index in [2.05, 4.69) is 24.3 Å². The molecule has 3 rings (SSSR count). The molecular weight excluding hydrogens is 320 g/mol. The fraction of sp³-hybridized carbons (Fsp3) is 0.556. The van der Waals surface area contributed by atoms with Crippen LogP contribution in [-0.4, -0.2) is 40.4 Å². The van der Waals surface area contributed by atoms with Gasteiger partial charge in [-0.15, -0.1) is 0 Å². The number of amides is 2. The maximum atomic E-state index is 12.5. The summed E-state index contributed by atoms with van der Waals surface area (Å²) < 4.78 is 13.2. The highest BCUT2D eigenvalue weighted by Gasteiger charge is 2.27. The van der Waals surface area contributed by atoms with Crippen LogP contribution in [0.1, 0.15) is 37.9 Å². The van der Waals surface area contributed by atoms with Gasteiger partial charge in [0.1, 0.15) is 17.6 Å². The van der Waals surface area contributed by atoms with E-state index in [9.17, 15) is 4.79 Å². The molecule has 0 spiro atoms.